The number of thiophene rings is 1. The van der Waals surface area contributed by atoms with Gasteiger partial charge in [0.05, 0.1) is 9.90 Å². The Hall–Kier alpha value is -2.18. The van der Waals surface area contributed by atoms with E-state index in [9.17, 15) is 4.79 Å². The van der Waals surface area contributed by atoms with Crippen molar-refractivity contribution in [2.75, 3.05) is 5.32 Å². The Morgan fingerprint density at radius 2 is 2.24 bits per heavy atom. The number of rotatable bonds is 3. The monoisotopic (exact) mass is 319 g/mol. The minimum atomic E-state index is -0.163. The second kappa shape index (κ2) is 5.67. The molecule has 3 rings (SSSR count). The Bertz CT molecular complexity index is 783. The van der Waals surface area contributed by atoms with Crippen LogP contribution in [0.4, 0.5) is 5.69 Å². The van der Waals surface area contributed by atoms with Crippen LogP contribution in [0.25, 0.3) is 11.4 Å². The standard InChI is InChI=1S/C14H10ClN3O2S/c1-8-16-13(18-20-8)10-5-4-9(7-11(10)15)17-14(19)12-3-2-6-21-12/h2-7H,1H3,(H,17,19). The number of amides is 1. The van der Waals surface area contributed by atoms with Gasteiger partial charge in [-0.3, -0.25) is 4.79 Å². The normalized spacial score (nSPS) is 10.6. The second-order valence-electron chi connectivity index (χ2n) is 4.26. The first-order valence-electron chi connectivity index (χ1n) is 6.08. The van der Waals surface area contributed by atoms with Gasteiger partial charge in [0, 0.05) is 18.2 Å². The zero-order valence-corrected chi connectivity index (χ0v) is 12.5. The molecule has 0 unspecified atom stereocenters. The summed E-state index contributed by atoms with van der Waals surface area (Å²) < 4.78 is 4.93. The average molecular weight is 320 g/mol. The van der Waals surface area contributed by atoms with Crippen molar-refractivity contribution < 1.29 is 9.32 Å². The molecule has 2 heterocycles. The number of carbonyl (C=O) groups excluding carboxylic acids is 1. The Balaban J connectivity index is 1.83. The van der Waals surface area contributed by atoms with Gasteiger partial charge < -0.3 is 9.84 Å². The molecule has 0 aliphatic heterocycles. The van der Waals surface area contributed by atoms with E-state index in [1.54, 1.807) is 31.2 Å². The summed E-state index contributed by atoms with van der Waals surface area (Å²) in [5.74, 6) is 0.731. The fourth-order valence-corrected chi connectivity index (χ4v) is 2.67. The highest BCUT2D eigenvalue weighted by Crippen LogP contribution is 2.28. The van der Waals surface area contributed by atoms with Crippen molar-refractivity contribution in [1.82, 2.24) is 10.1 Å². The molecule has 0 fully saturated rings. The number of anilines is 1. The third-order valence-corrected chi connectivity index (χ3v) is 3.92. The van der Waals surface area contributed by atoms with Gasteiger partial charge in [0.1, 0.15) is 0 Å². The van der Waals surface area contributed by atoms with E-state index >= 15 is 0 Å². The molecule has 1 N–H and O–H groups in total. The van der Waals surface area contributed by atoms with E-state index in [0.29, 0.717) is 32.9 Å². The number of aryl methyl sites for hydroxylation is 1. The zero-order chi connectivity index (χ0) is 14.8. The van der Waals surface area contributed by atoms with Gasteiger partial charge in [-0.1, -0.05) is 22.8 Å². The van der Waals surface area contributed by atoms with Crippen molar-refractivity contribution in [3.8, 4) is 11.4 Å². The SMILES string of the molecule is Cc1nc(-c2ccc(NC(=O)c3cccs3)cc2Cl)no1. The van der Waals surface area contributed by atoms with Crippen molar-refractivity contribution in [2.24, 2.45) is 0 Å². The topological polar surface area (TPSA) is 68.0 Å². The summed E-state index contributed by atoms with van der Waals surface area (Å²) >= 11 is 7.59. The van der Waals surface area contributed by atoms with Gasteiger partial charge in [-0.2, -0.15) is 4.98 Å². The van der Waals surface area contributed by atoms with Crippen LogP contribution < -0.4 is 5.32 Å². The van der Waals surface area contributed by atoms with Crippen molar-refractivity contribution in [1.29, 1.82) is 0 Å². The van der Waals surface area contributed by atoms with E-state index in [0.717, 1.165) is 0 Å². The van der Waals surface area contributed by atoms with Gasteiger partial charge >= 0.3 is 0 Å². The molecule has 0 atom stereocenters. The predicted octanol–water partition coefficient (Wildman–Crippen LogP) is 4.01. The zero-order valence-electron chi connectivity index (χ0n) is 11.0. The number of aromatic nitrogens is 2. The van der Waals surface area contributed by atoms with E-state index in [4.69, 9.17) is 16.1 Å². The van der Waals surface area contributed by atoms with Crippen LogP contribution in [-0.2, 0) is 0 Å². The van der Waals surface area contributed by atoms with E-state index in [1.807, 2.05) is 11.4 Å². The minimum absolute atomic E-state index is 0.163. The molecule has 0 spiro atoms. The number of halogens is 1. The van der Waals surface area contributed by atoms with E-state index in [-0.39, 0.29) is 5.91 Å². The largest absolute Gasteiger partial charge is 0.339 e. The molecule has 3 aromatic rings. The molecule has 2 aromatic heterocycles. The molecule has 1 amide bonds. The molecule has 0 radical (unpaired) electrons. The van der Waals surface area contributed by atoms with Gasteiger partial charge in [-0.25, -0.2) is 0 Å². The van der Waals surface area contributed by atoms with Crippen LogP contribution in [0.2, 0.25) is 5.02 Å². The molecular weight excluding hydrogens is 310 g/mol. The molecular formula is C14H10ClN3O2S. The highest BCUT2D eigenvalue weighted by Gasteiger charge is 2.12. The average Bonchev–Trinajstić information content (AvgIpc) is 3.10. The van der Waals surface area contributed by atoms with Crippen LogP contribution in [-0.4, -0.2) is 16.0 Å². The molecule has 0 aliphatic carbocycles. The van der Waals surface area contributed by atoms with E-state index in [2.05, 4.69) is 15.5 Å². The predicted molar refractivity (Wildman–Crippen MR) is 81.8 cm³/mol. The van der Waals surface area contributed by atoms with Crippen LogP contribution in [0.15, 0.2) is 40.2 Å². The molecule has 0 saturated carbocycles. The fourth-order valence-electron chi connectivity index (χ4n) is 1.78. The summed E-state index contributed by atoms with van der Waals surface area (Å²) in [5, 5.41) is 8.91. The number of hydrogen-bond donors (Lipinski definition) is 1. The lowest BCUT2D eigenvalue weighted by molar-refractivity contribution is 0.103. The summed E-state index contributed by atoms with van der Waals surface area (Å²) in [6.45, 7) is 1.71. The first-order valence-corrected chi connectivity index (χ1v) is 7.34. The number of nitrogens with one attached hydrogen (secondary N) is 1. The van der Waals surface area contributed by atoms with Crippen molar-refractivity contribution in [3.05, 3.63) is 51.5 Å². The van der Waals surface area contributed by atoms with E-state index in [1.165, 1.54) is 11.3 Å². The van der Waals surface area contributed by atoms with Gasteiger partial charge in [0.2, 0.25) is 11.7 Å². The molecule has 21 heavy (non-hydrogen) atoms. The number of carbonyl (C=O) groups is 1. The maximum absolute atomic E-state index is 12.0. The lowest BCUT2D eigenvalue weighted by atomic mass is 10.2. The molecule has 7 heteroatoms. The molecule has 0 bridgehead atoms. The Morgan fingerprint density at radius 1 is 1.38 bits per heavy atom. The van der Waals surface area contributed by atoms with Crippen molar-refractivity contribution >= 4 is 34.5 Å². The van der Waals surface area contributed by atoms with Crippen LogP contribution in [0.1, 0.15) is 15.6 Å². The highest BCUT2D eigenvalue weighted by atomic mass is 35.5. The summed E-state index contributed by atoms with van der Waals surface area (Å²) in [6.07, 6.45) is 0. The van der Waals surface area contributed by atoms with E-state index < -0.39 is 0 Å². The van der Waals surface area contributed by atoms with Crippen LogP contribution in [0, 0.1) is 6.92 Å². The third kappa shape index (κ3) is 2.96. The van der Waals surface area contributed by atoms with Crippen molar-refractivity contribution in [3.63, 3.8) is 0 Å². The minimum Gasteiger partial charge on any atom is -0.339 e. The second-order valence-corrected chi connectivity index (χ2v) is 5.62. The van der Waals surface area contributed by atoms with Crippen LogP contribution in [0.3, 0.4) is 0 Å². The number of nitrogens with zero attached hydrogens (tertiary/aromatic N) is 2. The smallest absolute Gasteiger partial charge is 0.265 e. The van der Waals surface area contributed by atoms with Gasteiger partial charge in [-0.05, 0) is 29.6 Å². The van der Waals surface area contributed by atoms with Gasteiger partial charge in [0.15, 0.2) is 0 Å². The highest BCUT2D eigenvalue weighted by molar-refractivity contribution is 7.12. The first-order chi connectivity index (χ1) is 10.1. The molecule has 5 nitrogen and oxygen atoms in total. The van der Waals surface area contributed by atoms with Crippen LogP contribution >= 0.6 is 22.9 Å². The van der Waals surface area contributed by atoms with Crippen LogP contribution in [0.5, 0.6) is 0 Å². The molecule has 106 valence electrons. The number of benzene rings is 1. The Kier molecular flexibility index (Phi) is 3.72. The maximum atomic E-state index is 12.0. The lowest BCUT2D eigenvalue weighted by Crippen LogP contribution is -2.09. The first kappa shape index (κ1) is 13.8. The van der Waals surface area contributed by atoms with Gasteiger partial charge in [-0.15, -0.1) is 11.3 Å². The summed E-state index contributed by atoms with van der Waals surface area (Å²) in [5.41, 5.74) is 1.27. The molecule has 0 saturated heterocycles. The summed E-state index contributed by atoms with van der Waals surface area (Å²) in [6, 6.07) is 8.75. The van der Waals surface area contributed by atoms with Crippen molar-refractivity contribution in [2.45, 2.75) is 6.92 Å². The maximum Gasteiger partial charge on any atom is 0.265 e. The third-order valence-electron chi connectivity index (χ3n) is 2.74. The summed E-state index contributed by atoms with van der Waals surface area (Å²) in [7, 11) is 0. The van der Waals surface area contributed by atoms with Gasteiger partial charge in [0.25, 0.3) is 5.91 Å². The Morgan fingerprint density at radius 3 is 2.86 bits per heavy atom. The Labute approximate surface area is 129 Å². The molecule has 0 aliphatic rings. The lowest BCUT2D eigenvalue weighted by Gasteiger charge is -2.06. The quantitative estimate of drug-likeness (QED) is 0.792. The summed E-state index contributed by atoms with van der Waals surface area (Å²) in [4.78, 5) is 16.7. The fraction of sp³-hybridized carbons (Fsp3) is 0.0714. The molecule has 1 aromatic carbocycles. The number of hydrogen-bond acceptors (Lipinski definition) is 5.